The highest BCUT2D eigenvalue weighted by molar-refractivity contribution is 7.99. The Morgan fingerprint density at radius 2 is 2.00 bits per heavy atom. The van der Waals surface area contributed by atoms with Gasteiger partial charge in [-0.3, -0.25) is 9.36 Å². The molecule has 1 N–H and O–H groups in total. The molecule has 3 rings (SSSR count). The molecule has 6 heteroatoms. The summed E-state index contributed by atoms with van der Waals surface area (Å²) in [5.41, 5.74) is 4.09. The van der Waals surface area contributed by atoms with E-state index in [0.717, 1.165) is 34.3 Å². The van der Waals surface area contributed by atoms with Gasteiger partial charge in [0.05, 0.1) is 18.6 Å². The number of nitrogens with zero attached hydrogens (tertiary/aromatic N) is 2. The number of methoxy groups -OCH3 is 1. The van der Waals surface area contributed by atoms with Crippen molar-refractivity contribution in [3.05, 3.63) is 66.0 Å². The molecule has 0 bridgehead atoms. The lowest BCUT2D eigenvalue weighted by Crippen LogP contribution is -2.14. The van der Waals surface area contributed by atoms with Gasteiger partial charge in [-0.1, -0.05) is 36.9 Å². The van der Waals surface area contributed by atoms with Crippen LogP contribution in [0.15, 0.2) is 60.0 Å². The van der Waals surface area contributed by atoms with Crippen LogP contribution in [0.5, 0.6) is 5.75 Å². The zero-order valence-electron chi connectivity index (χ0n) is 15.7. The molecular weight excluding hydrogens is 358 g/mol. The minimum absolute atomic E-state index is 0.0602. The fourth-order valence-corrected chi connectivity index (χ4v) is 3.49. The van der Waals surface area contributed by atoms with Gasteiger partial charge in [0, 0.05) is 18.1 Å². The molecule has 3 aromatic rings. The molecule has 140 valence electrons. The lowest BCUT2D eigenvalue weighted by molar-refractivity contribution is -0.113. The first-order valence-corrected chi connectivity index (χ1v) is 9.79. The molecule has 0 aliphatic heterocycles. The van der Waals surface area contributed by atoms with Crippen LogP contribution < -0.4 is 10.1 Å². The van der Waals surface area contributed by atoms with Crippen molar-refractivity contribution in [2.75, 3.05) is 18.2 Å². The summed E-state index contributed by atoms with van der Waals surface area (Å²) < 4.78 is 7.41. The predicted molar refractivity (Wildman–Crippen MR) is 110 cm³/mol. The SMILES string of the molecule is CCc1ccc(NC(=O)CSc2nccn2-c2cc(C)ccc2OC)cc1. The van der Waals surface area contributed by atoms with Crippen molar-refractivity contribution in [3.63, 3.8) is 0 Å². The second-order valence-electron chi connectivity index (χ2n) is 6.14. The van der Waals surface area contributed by atoms with Gasteiger partial charge < -0.3 is 10.1 Å². The molecule has 0 aliphatic rings. The van der Waals surface area contributed by atoms with Crippen LogP contribution in [-0.4, -0.2) is 28.3 Å². The van der Waals surface area contributed by atoms with E-state index in [2.05, 4.69) is 17.2 Å². The van der Waals surface area contributed by atoms with Gasteiger partial charge in [0.15, 0.2) is 5.16 Å². The van der Waals surface area contributed by atoms with Crippen LogP contribution in [0.3, 0.4) is 0 Å². The number of carbonyl (C=O) groups excluding carboxylic acids is 1. The second-order valence-corrected chi connectivity index (χ2v) is 7.08. The van der Waals surface area contributed by atoms with E-state index in [4.69, 9.17) is 4.74 Å². The molecule has 0 radical (unpaired) electrons. The number of anilines is 1. The molecule has 2 aromatic carbocycles. The molecular formula is C21H23N3O2S. The molecule has 0 spiro atoms. The monoisotopic (exact) mass is 381 g/mol. The summed E-state index contributed by atoms with van der Waals surface area (Å²) in [6, 6.07) is 13.9. The van der Waals surface area contributed by atoms with E-state index < -0.39 is 0 Å². The van der Waals surface area contributed by atoms with Gasteiger partial charge in [-0.25, -0.2) is 4.98 Å². The number of rotatable bonds is 7. The van der Waals surface area contributed by atoms with E-state index in [-0.39, 0.29) is 11.7 Å². The molecule has 0 unspecified atom stereocenters. The Labute approximate surface area is 163 Å². The third-order valence-electron chi connectivity index (χ3n) is 4.18. The topological polar surface area (TPSA) is 56.2 Å². The van der Waals surface area contributed by atoms with Crippen molar-refractivity contribution in [1.29, 1.82) is 0 Å². The van der Waals surface area contributed by atoms with E-state index in [1.165, 1.54) is 17.3 Å². The standard InChI is InChI=1S/C21H23N3O2S/c1-4-16-6-8-17(9-7-16)23-20(25)14-27-21-22-11-12-24(21)18-13-15(2)5-10-19(18)26-3/h5-13H,4,14H2,1-3H3,(H,23,25). The highest BCUT2D eigenvalue weighted by Crippen LogP contribution is 2.28. The first kappa shape index (κ1) is 19.0. The highest BCUT2D eigenvalue weighted by atomic mass is 32.2. The lowest BCUT2D eigenvalue weighted by atomic mass is 10.1. The molecule has 0 atom stereocenters. The molecule has 1 heterocycles. The van der Waals surface area contributed by atoms with Crippen molar-refractivity contribution in [1.82, 2.24) is 9.55 Å². The number of amides is 1. The number of carbonyl (C=O) groups is 1. The number of ether oxygens (including phenoxy) is 1. The van der Waals surface area contributed by atoms with Crippen LogP contribution in [-0.2, 0) is 11.2 Å². The Balaban J connectivity index is 1.68. The molecule has 27 heavy (non-hydrogen) atoms. The second kappa shape index (κ2) is 8.77. The number of imidazole rings is 1. The van der Waals surface area contributed by atoms with Gasteiger partial charge in [-0.15, -0.1) is 0 Å². The van der Waals surface area contributed by atoms with Gasteiger partial charge in [0.1, 0.15) is 5.75 Å². The smallest absolute Gasteiger partial charge is 0.234 e. The van der Waals surface area contributed by atoms with E-state index in [1.807, 2.05) is 60.2 Å². The van der Waals surface area contributed by atoms with E-state index in [9.17, 15) is 4.79 Å². The molecule has 0 fully saturated rings. The number of aromatic nitrogens is 2. The number of thioether (sulfide) groups is 1. The number of hydrogen-bond donors (Lipinski definition) is 1. The minimum Gasteiger partial charge on any atom is -0.495 e. The largest absolute Gasteiger partial charge is 0.495 e. The first-order valence-electron chi connectivity index (χ1n) is 8.80. The average molecular weight is 382 g/mol. The average Bonchev–Trinajstić information content (AvgIpc) is 3.15. The van der Waals surface area contributed by atoms with Crippen LogP contribution in [0.2, 0.25) is 0 Å². The molecule has 1 amide bonds. The maximum atomic E-state index is 12.3. The third-order valence-corrected chi connectivity index (χ3v) is 5.15. The molecule has 1 aromatic heterocycles. The fraction of sp³-hybridized carbons (Fsp3) is 0.238. The Bertz CT molecular complexity index is 919. The maximum absolute atomic E-state index is 12.3. The van der Waals surface area contributed by atoms with Crippen molar-refractivity contribution < 1.29 is 9.53 Å². The van der Waals surface area contributed by atoms with Crippen molar-refractivity contribution in [2.24, 2.45) is 0 Å². The third kappa shape index (κ3) is 4.71. The summed E-state index contributed by atoms with van der Waals surface area (Å²) in [5.74, 6) is 0.983. The molecule has 0 aliphatic carbocycles. The fourth-order valence-electron chi connectivity index (χ4n) is 2.72. The van der Waals surface area contributed by atoms with Crippen LogP contribution in [0.25, 0.3) is 5.69 Å². The van der Waals surface area contributed by atoms with Crippen LogP contribution >= 0.6 is 11.8 Å². The Morgan fingerprint density at radius 3 is 2.70 bits per heavy atom. The van der Waals surface area contributed by atoms with Crippen LogP contribution in [0.1, 0.15) is 18.1 Å². The summed E-state index contributed by atoms with van der Waals surface area (Å²) in [5, 5.41) is 3.67. The zero-order valence-corrected chi connectivity index (χ0v) is 16.5. The minimum atomic E-state index is -0.0602. The predicted octanol–water partition coefficient (Wildman–Crippen LogP) is 4.48. The Kier molecular flexibility index (Phi) is 6.19. The van der Waals surface area contributed by atoms with E-state index in [1.54, 1.807) is 13.3 Å². The van der Waals surface area contributed by atoms with E-state index in [0.29, 0.717) is 0 Å². The number of hydrogen-bond acceptors (Lipinski definition) is 4. The number of nitrogens with one attached hydrogen (secondary N) is 1. The van der Waals surface area contributed by atoms with Crippen molar-refractivity contribution in [3.8, 4) is 11.4 Å². The van der Waals surface area contributed by atoms with E-state index >= 15 is 0 Å². The van der Waals surface area contributed by atoms with Crippen LogP contribution in [0.4, 0.5) is 5.69 Å². The van der Waals surface area contributed by atoms with Gasteiger partial charge in [0.25, 0.3) is 0 Å². The number of benzene rings is 2. The summed E-state index contributed by atoms with van der Waals surface area (Å²) in [7, 11) is 1.65. The molecule has 5 nitrogen and oxygen atoms in total. The maximum Gasteiger partial charge on any atom is 0.234 e. The summed E-state index contributed by atoms with van der Waals surface area (Å²) in [4.78, 5) is 16.7. The number of aryl methyl sites for hydroxylation is 2. The van der Waals surface area contributed by atoms with Crippen molar-refractivity contribution >= 4 is 23.4 Å². The lowest BCUT2D eigenvalue weighted by Gasteiger charge is -2.13. The van der Waals surface area contributed by atoms with Gasteiger partial charge in [0.2, 0.25) is 5.91 Å². The van der Waals surface area contributed by atoms with Gasteiger partial charge in [-0.2, -0.15) is 0 Å². The Morgan fingerprint density at radius 1 is 1.22 bits per heavy atom. The van der Waals surface area contributed by atoms with Gasteiger partial charge in [-0.05, 0) is 48.7 Å². The van der Waals surface area contributed by atoms with Crippen molar-refractivity contribution in [2.45, 2.75) is 25.4 Å². The van der Waals surface area contributed by atoms with Gasteiger partial charge >= 0.3 is 0 Å². The Hall–Kier alpha value is -2.73. The first-order chi connectivity index (χ1) is 13.1. The molecule has 0 saturated carbocycles. The summed E-state index contributed by atoms with van der Waals surface area (Å²) in [6.45, 7) is 4.14. The molecule has 0 saturated heterocycles. The summed E-state index contributed by atoms with van der Waals surface area (Å²) >= 11 is 1.39. The zero-order chi connectivity index (χ0) is 19.2. The normalized spacial score (nSPS) is 10.6. The van der Waals surface area contributed by atoms with Crippen LogP contribution in [0, 0.1) is 6.92 Å². The quantitative estimate of drug-likeness (QED) is 0.613. The summed E-state index contributed by atoms with van der Waals surface area (Å²) in [6.07, 6.45) is 4.58. The highest BCUT2D eigenvalue weighted by Gasteiger charge is 2.13.